The molecule has 0 heterocycles. The van der Waals surface area contributed by atoms with Crippen molar-refractivity contribution in [2.75, 3.05) is 13.2 Å². The van der Waals surface area contributed by atoms with Crippen molar-refractivity contribution in [3.8, 4) is 0 Å². The maximum Gasteiger partial charge on any atom is 0.369 e. The van der Waals surface area contributed by atoms with Crippen molar-refractivity contribution >= 4 is 5.94 Å². The smallest absolute Gasteiger partial charge is 0.369 e. The van der Waals surface area contributed by atoms with Crippen molar-refractivity contribution in [3.63, 3.8) is 0 Å². The molecular weight excluding hydrogens is 132 g/mol. The lowest BCUT2D eigenvalue weighted by atomic mass is 10.5. The number of hydrogen-bond acceptors (Lipinski definition) is 3. The molecule has 0 saturated heterocycles. The first-order valence-electron chi connectivity index (χ1n) is 3.35. The van der Waals surface area contributed by atoms with Crippen LogP contribution in [0.3, 0.4) is 0 Å². The Labute approximate surface area is 60.6 Å². The van der Waals surface area contributed by atoms with Gasteiger partial charge in [0.2, 0.25) is 5.94 Å². The summed E-state index contributed by atoms with van der Waals surface area (Å²) in [4.78, 5) is 9.99. The standard InChI is InChI=1S/C7H12O3/c1-3-5-10-7(6-8)9-4-2/h3-5H2,1-2H3. The molecular formula is C7H12O3. The third-order valence-corrected chi connectivity index (χ3v) is 0.796. The summed E-state index contributed by atoms with van der Waals surface area (Å²) >= 11 is 0. The Hall–Kier alpha value is -0.950. The molecule has 0 aromatic rings. The minimum atomic E-state index is -0.0376. The van der Waals surface area contributed by atoms with Crippen LogP contribution in [0.4, 0.5) is 0 Å². The first-order chi connectivity index (χ1) is 4.85. The Balaban J connectivity index is 3.52. The first-order valence-corrected chi connectivity index (χ1v) is 3.35. The summed E-state index contributed by atoms with van der Waals surface area (Å²) in [7, 11) is 0. The van der Waals surface area contributed by atoms with E-state index in [0.717, 1.165) is 6.42 Å². The van der Waals surface area contributed by atoms with Gasteiger partial charge in [-0.15, -0.1) is 0 Å². The minimum absolute atomic E-state index is 0.0376. The van der Waals surface area contributed by atoms with Gasteiger partial charge in [0.15, 0.2) is 0 Å². The second kappa shape index (κ2) is 6.17. The second-order valence-corrected chi connectivity index (χ2v) is 1.67. The lowest BCUT2D eigenvalue weighted by molar-refractivity contribution is 0.0460. The van der Waals surface area contributed by atoms with Crippen LogP contribution < -0.4 is 0 Å². The highest BCUT2D eigenvalue weighted by atomic mass is 16.7. The third kappa shape index (κ3) is 3.98. The molecule has 0 rings (SSSR count). The Morgan fingerprint density at radius 1 is 1.40 bits per heavy atom. The highest BCUT2D eigenvalue weighted by molar-refractivity contribution is 5.46. The molecule has 58 valence electrons. The molecule has 0 unspecified atom stereocenters. The summed E-state index contributed by atoms with van der Waals surface area (Å²) in [6, 6.07) is 0. The predicted molar refractivity (Wildman–Crippen MR) is 37.1 cm³/mol. The molecule has 0 aliphatic heterocycles. The summed E-state index contributed by atoms with van der Waals surface area (Å²) in [5, 5.41) is 0. The lowest BCUT2D eigenvalue weighted by Crippen LogP contribution is -1.99. The highest BCUT2D eigenvalue weighted by Crippen LogP contribution is 1.94. The molecule has 0 aliphatic carbocycles. The lowest BCUT2D eigenvalue weighted by Gasteiger charge is -2.04. The minimum Gasteiger partial charge on any atom is -0.457 e. The van der Waals surface area contributed by atoms with Crippen molar-refractivity contribution in [1.29, 1.82) is 0 Å². The second-order valence-electron chi connectivity index (χ2n) is 1.67. The van der Waals surface area contributed by atoms with Gasteiger partial charge >= 0.3 is 5.95 Å². The molecule has 0 fully saturated rings. The van der Waals surface area contributed by atoms with Gasteiger partial charge in [-0.1, -0.05) is 6.92 Å². The topological polar surface area (TPSA) is 35.5 Å². The van der Waals surface area contributed by atoms with Crippen LogP contribution in [-0.4, -0.2) is 19.2 Å². The maximum atomic E-state index is 9.99. The van der Waals surface area contributed by atoms with Gasteiger partial charge in [-0.2, -0.15) is 0 Å². The zero-order chi connectivity index (χ0) is 7.82. The molecule has 0 aliphatic rings. The van der Waals surface area contributed by atoms with Gasteiger partial charge in [-0.05, 0) is 13.3 Å². The van der Waals surface area contributed by atoms with Gasteiger partial charge in [-0.3, -0.25) is 0 Å². The van der Waals surface area contributed by atoms with Crippen LogP contribution in [-0.2, 0) is 14.3 Å². The molecule has 0 atom stereocenters. The van der Waals surface area contributed by atoms with E-state index < -0.39 is 0 Å². The predicted octanol–water partition coefficient (Wildman–Crippen LogP) is 1.12. The van der Waals surface area contributed by atoms with Crippen molar-refractivity contribution < 1.29 is 14.3 Å². The molecule has 0 spiro atoms. The fourth-order valence-corrected chi connectivity index (χ4v) is 0.426. The summed E-state index contributed by atoms with van der Waals surface area (Å²) in [5.74, 6) is 1.52. The van der Waals surface area contributed by atoms with E-state index in [-0.39, 0.29) is 5.95 Å². The van der Waals surface area contributed by atoms with Crippen molar-refractivity contribution in [2.45, 2.75) is 20.3 Å². The first kappa shape index (κ1) is 9.05. The molecule has 3 heteroatoms. The summed E-state index contributed by atoms with van der Waals surface area (Å²) in [5.41, 5.74) is 0. The van der Waals surface area contributed by atoms with Crippen LogP contribution in [0.2, 0.25) is 0 Å². The molecule has 0 bridgehead atoms. The van der Waals surface area contributed by atoms with Gasteiger partial charge in [-0.25, -0.2) is 4.79 Å². The molecule has 0 saturated carbocycles. The van der Waals surface area contributed by atoms with Gasteiger partial charge in [0.05, 0.1) is 13.2 Å². The molecule has 0 N–H and O–H groups in total. The fraction of sp³-hybridized carbons (Fsp3) is 0.714. The summed E-state index contributed by atoms with van der Waals surface area (Å²) < 4.78 is 9.62. The molecule has 0 aromatic carbocycles. The van der Waals surface area contributed by atoms with E-state index in [9.17, 15) is 4.79 Å². The Bertz CT molecular complexity index is 125. The summed E-state index contributed by atoms with van der Waals surface area (Å²) in [6.45, 7) is 4.68. The molecule has 3 nitrogen and oxygen atoms in total. The van der Waals surface area contributed by atoms with Crippen LogP contribution in [0, 0.1) is 0 Å². The van der Waals surface area contributed by atoms with E-state index in [0.29, 0.717) is 13.2 Å². The Morgan fingerprint density at radius 3 is 2.50 bits per heavy atom. The zero-order valence-corrected chi connectivity index (χ0v) is 6.35. The normalized spacial score (nSPS) is 8.20. The largest absolute Gasteiger partial charge is 0.457 e. The van der Waals surface area contributed by atoms with Crippen molar-refractivity contribution in [3.05, 3.63) is 5.95 Å². The quantitative estimate of drug-likeness (QED) is 0.428. The maximum absolute atomic E-state index is 9.99. The average molecular weight is 144 g/mol. The van der Waals surface area contributed by atoms with E-state index in [1.807, 2.05) is 6.92 Å². The van der Waals surface area contributed by atoms with Crippen molar-refractivity contribution in [2.24, 2.45) is 0 Å². The number of ether oxygens (including phenoxy) is 2. The fourth-order valence-electron chi connectivity index (χ4n) is 0.426. The monoisotopic (exact) mass is 144 g/mol. The van der Waals surface area contributed by atoms with Gasteiger partial charge in [0.1, 0.15) is 0 Å². The molecule has 0 amide bonds. The zero-order valence-electron chi connectivity index (χ0n) is 6.35. The van der Waals surface area contributed by atoms with Crippen LogP contribution in [0.25, 0.3) is 0 Å². The molecule has 0 radical (unpaired) electrons. The Kier molecular flexibility index (Phi) is 5.59. The van der Waals surface area contributed by atoms with Crippen LogP contribution >= 0.6 is 0 Å². The molecule has 0 aromatic heterocycles. The van der Waals surface area contributed by atoms with E-state index in [1.54, 1.807) is 12.9 Å². The van der Waals surface area contributed by atoms with E-state index in [4.69, 9.17) is 9.47 Å². The SMILES string of the molecule is CCCOC(=C=O)OCC. The van der Waals surface area contributed by atoms with Gasteiger partial charge < -0.3 is 9.47 Å². The van der Waals surface area contributed by atoms with Crippen LogP contribution in [0.5, 0.6) is 0 Å². The third-order valence-electron chi connectivity index (χ3n) is 0.796. The molecule has 10 heavy (non-hydrogen) atoms. The Morgan fingerprint density at radius 2 is 2.10 bits per heavy atom. The number of rotatable bonds is 5. The van der Waals surface area contributed by atoms with Gasteiger partial charge in [0, 0.05) is 0 Å². The number of hydrogen-bond donors (Lipinski definition) is 0. The number of carbonyl (C=O) groups excluding carboxylic acids is 1. The average Bonchev–Trinajstić information content (AvgIpc) is 1.98. The summed E-state index contributed by atoms with van der Waals surface area (Å²) in [6.07, 6.45) is 0.859. The van der Waals surface area contributed by atoms with Crippen molar-refractivity contribution in [1.82, 2.24) is 0 Å². The van der Waals surface area contributed by atoms with Crippen LogP contribution in [0.1, 0.15) is 20.3 Å². The van der Waals surface area contributed by atoms with Gasteiger partial charge in [0.25, 0.3) is 0 Å². The van der Waals surface area contributed by atoms with Crippen LogP contribution in [0.15, 0.2) is 5.95 Å². The highest BCUT2D eigenvalue weighted by Gasteiger charge is 1.95. The van der Waals surface area contributed by atoms with E-state index in [1.165, 1.54) is 0 Å². The van der Waals surface area contributed by atoms with E-state index in [2.05, 4.69) is 0 Å². The van der Waals surface area contributed by atoms with E-state index >= 15 is 0 Å².